The SMILES string of the molecule is CC(N)Cc1cccc(Cl)c1N1CCCC(N(C)C)C1. The van der Waals surface area contributed by atoms with E-state index in [0.717, 1.165) is 24.5 Å². The average Bonchev–Trinajstić information content (AvgIpc) is 2.38. The number of likely N-dealkylation sites (N-methyl/N-ethyl adjacent to an activating group) is 1. The highest BCUT2D eigenvalue weighted by Gasteiger charge is 2.24. The molecule has 3 nitrogen and oxygen atoms in total. The van der Waals surface area contributed by atoms with Gasteiger partial charge in [-0.15, -0.1) is 0 Å². The fraction of sp³-hybridized carbons (Fsp3) is 0.625. The quantitative estimate of drug-likeness (QED) is 0.927. The number of para-hydroxylation sites is 1. The summed E-state index contributed by atoms with van der Waals surface area (Å²) < 4.78 is 0. The van der Waals surface area contributed by atoms with Crippen molar-refractivity contribution >= 4 is 17.3 Å². The predicted octanol–water partition coefficient (Wildman–Crippen LogP) is 2.76. The van der Waals surface area contributed by atoms with Gasteiger partial charge < -0.3 is 15.5 Å². The number of nitrogens with two attached hydrogens (primary N) is 1. The third-order valence-corrected chi connectivity index (χ3v) is 4.36. The minimum Gasteiger partial charge on any atom is -0.369 e. The maximum absolute atomic E-state index is 6.48. The lowest BCUT2D eigenvalue weighted by atomic mass is 10.00. The number of anilines is 1. The van der Waals surface area contributed by atoms with Crippen molar-refractivity contribution in [3.05, 3.63) is 28.8 Å². The van der Waals surface area contributed by atoms with Crippen LogP contribution in [0.2, 0.25) is 5.02 Å². The Hall–Kier alpha value is -0.770. The highest BCUT2D eigenvalue weighted by atomic mass is 35.5. The lowest BCUT2D eigenvalue weighted by Crippen LogP contribution is -2.45. The molecule has 1 fully saturated rings. The fourth-order valence-electron chi connectivity index (χ4n) is 3.01. The molecule has 0 aromatic heterocycles. The highest BCUT2D eigenvalue weighted by molar-refractivity contribution is 6.33. The van der Waals surface area contributed by atoms with Gasteiger partial charge >= 0.3 is 0 Å². The minimum atomic E-state index is 0.154. The third kappa shape index (κ3) is 3.66. The first-order valence-corrected chi connectivity index (χ1v) is 7.81. The van der Waals surface area contributed by atoms with Crippen LogP contribution in [0.4, 0.5) is 5.69 Å². The van der Waals surface area contributed by atoms with Gasteiger partial charge in [0.1, 0.15) is 0 Å². The van der Waals surface area contributed by atoms with E-state index in [0.29, 0.717) is 6.04 Å². The Morgan fingerprint density at radius 3 is 2.85 bits per heavy atom. The Kier molecular flexibility index (Phi) is 5.30. The molecule has 0 amide bonds. The van der Waals surface area contributed by atoms with Crippen LogP contribution in [0.5, 0.6) is 0 Å². The summed E-state index contributed by atoms with van der Waals surface area (Å²) in [5.41, 5.74) is 8.44. The predicted molar refractivity (Wildman–Crippen MR) is 87.7 cm³/mol. The number of hydrogen-bond acceptors (Lipinski definition) is 3. The van der Waals surface area contributed by atoms with Crippen molar-refractivity contribution in [3.63, 3.8) is 0 Å². The summed E-state index contributed by atoms with van der Waals surface area (Å²) in [6, 6.07) is 6.92. The lowest BCUT2D eigenvalue weighted by molar-refractivity contribution is 0.258. The average molecular weight is 296 g/mol. The summed E-state index contributed by atoms with van der Waals surface area (Å²) in [4.78, 5) is 4.75. The zero-order chi connectivity index (χ0) is 14.7. The van der Waals surface area contributed by atoms with Gasteiger partial charge in [-0.25, -0.2) is 0 Å². The molecule has 1 aliphatic heterocycles. The number of benzene rings is 1. The molecule has 1 saturated heterocycles. The molecule has 1 aliphatic rings. The topological polar surface area (TPSA) is 32.5 Å². The number of halogens is 1. The largest absolute Gasteiger partial charge is 0.369 e. The van der Waals surface area contributed by atoms with E-state index in [-0.39, 0.29) is 6.04 Å². The summed E-state index contributed by atoms with van der Waals surface area (Å²) in [7, 11) is 4.31. The molecule has 4 heteroatoms. The lowest BCUT2D eigenvalue weighted by Gasteiger charge is -2.39. The van der Waals surface area contributed by atoms with Gasteiger partial charge in [0.25, 0.3) is 0 Å². The second kappa shape index (κ2) is 6.79. The van der Waals surface area contributed by atoms with Crippen LogP contribution in [-0.4, -0.2) is 44.2 Å². The summed E-state index contributed by atoms with van der Waals surface area (Å²) in [5.74, 6) is 0. The molecule has 2 N–H and O–H groups in total. The standard InChI is InChI=1S/C16H26ClN3/c1-12(18)10-13-6-4-8-15(17)16(13)20-9-5-7-14(11-20)19(2)3/h4,6,8,12,14H,5,7,9-11,18H2,1-3H3. The molecule has 0 radical (unpaired) electrons. The van der Waals surface area contributed by atoms with E-state index < -0.39 is 0 Å². The van der Waals surface area contributed by atoms with Crippen LogP contribution >= 0.6 is 11.6 Å². The van der Waals surface area contributed by atoms with Crippen LogP contribution in [0.3, 0.4) is 0 Å². The molecule has 2 rings (SSSR count). The molecule has 0 saturated carbocycles. The van der Waals surface area contributed by atoms with Crippen molar-refractivity contribution in [2.75, 3.05) is 32.1 Å². The molecule has 2 atom stereocenters. The van der Waals surface area contributed by atoms with E-state index in [2.05, 4.69) is 30.0 Å². The van der Waals surface area contributed by atoms with Gasteiger partial charge in [0.05, 0.1) is 10.7 Å². The van der Waals surface area contributed by atoms with E-state index in [4.69, 9.17) is 17.3 Å². The van der Waals surface area contributed by atoms with Gasteiger partial charge in [-0.3, -0.25) is 0 Å². The Morgan fingerprint density at radius 1 is 1.45 bits per heavy atom. The zero-order valence-electron chi connectivity index (χ0n) is 12.8. The van der Waals surface area contributed by atoms with E-state index >= 15 is 0 Å². The van der Waals surface area contributed by atoms with E-state index in [9.17, 15) is 0 Å². The summed E-state index contributed by atoms with van der Waals surface area (Å²) in [6.07, 6.45) is 3.35. The smallest absolute Gasteiger partial charge is 0.0642 e. The van der Waals surface area contributed by atoms with Crippen molar-refractivity contribution in [2.24, 2.45) is 5.73 Å². The summed E-state index contributed by atoms with van der Waals surface area (Å²) in [6.45, 7) is 4.17. The van der Waals surface area contributed by atoms with E-state index in [1.54, 1.807) is 0 Å². The Morgan fingerprint density at radius 2 is 2.20 bits per heavy atom. The summed E-state index contributed by atoms with van der Waals surface area (Å²) in [5, 5.41) is 0.850. The Labute approximate surface area is 127 Å². The maximum Gasteiger partial charge on any atom is 0.0642 e. The van der Waals surface area contributed by atoms with Gasteiger partial charge in [-0.1, -0.05) is 23.7 Å². The van der Waals surface area contributed by atoms with E-state index in [1.807, 2.05) is 19.1 Å². The van der Waals surface area contributed by atoms with Crippen molar-refractivity contribution in [1.29, 1.82) is 0 Å². The monoisotopic (exact) mass is 295 g/mol. The maximum atomic E-state index is 6.48. The van der Waals surface area contributed by atoms with Crippen LogP contribution in [0, 0.1) is 0 Å². The molecular formula is C16H26ClN3. The number of piperidine rings is 1. The van der Waals surface area contributed by atoms with Gasteiger partial charge in [0.15, 0.2) is 0 Å². The second-order valence-corrected chi connectivity index (χ2v) is 6.54. The first-order valence-electron chi connectivity index (χ1n) is 7.43. The third-order valence-electron chi connectivity index (χ3n) is 4.06. The molecular weight excluding hydrogens is 270 g/mol. The molecule has 1 aromatic rings. The number of hydrogen-bond donors (Lipinski definition) is 1. The van der Waals surface area contributed by atoms with Crippen molar-refractivity contribution in [3.8, 4) is 0 Å². The number of rotatable bonds is 4. The van der Waals surface area contributed by atoms with Crippen LogP contribution < -0.4 is 10.6 Å². The molecule has 20 heavy (non-hydrogen) atoms. The van der Waals surface area contributed by atoms with Crippen molar-refractivity contribution in [1.82, 2.24) is 4.90 Å². The van der Waals surface area contributed by atoms with Crippen LogP contribution in [0.25, 0.3) is 0 Å². The molecule has 0 bridgehead atoms. The Bertz CT molecular complexity index is 445. The van der Waals surface area contributed by atoms with Crippen LogP contribution in [-0.2, 0) is 6.42 Å². The molecule has 0 aliphatic carbocycles. The first-order chi connectivity index (χ1) is 9.49. The Balaban J connectivity index is 2.26. The summed E-state index contributed by atoms with van der Waals surface area (Å²) >= 11 is 6.48. The molecule has 112 valence electrons. The van der Waals surface area contributed by atoms with Gasteiger partial charge in [0, 0.05) is 25.2 Å². The van der Waals surface area contributed by atoms with E-state index in [1.165, 1.54) is 24.1 Å². The number of nitrogens with zero attached hydrogens (tertiary/aromatic N) is 2. The fourth-order valence-corrected chi connectivity index (χ4v) is 3.32. The van der Waals surface area contributed by atoms with Gasteiger partial charge in [-0.05, 0) is 51.9 Å². The second-order valence-electron chi connectivity index (χ2n) is 6.13. The highest BCUT2D eigenvalue weighted by Crippen LogP contribution is 2.33. The van der Waals surface area contributed by atoms with Crippen molar-refractivity contribution < 1.29 is 0 Å². The van der Waals surface area contributed by atoms with Gasteiger partial charge in [0.2, 0.25) is 0 Å². The van der Waals surface area contributed by atoms with Crippen LogP contribution in [0.15, 0.2) is 18.2 Å². The zero-order valence-corrected chi connectivity index (χ0v) is 13.5. The molecule has 2 unspecified atom stereocenters. The first kappa shape index (κ1) is 15.6. The molecule has 1 heterocycles. The normalized spacial score (nSPS) is 21.3. The van der Waals surface area contributed by atoms with Gasteiger partial charge in [-0.2, -0.15) is 0 Å². The van der Waals surface area contributed by atoms with Crippen molar-refractivity contribution in [2.45, 2.75) is 38.3 Å². The molecule has 1 aromatic carbocycles. The van der Waals surface area contributed by atoms with Crippen LogP contribution in [0.1, 0.15) is 25.3 Å². The minimum absolute atomic E-state index is 0.154. The molecule has 0 spiro atoms.